The topological polar surface area (TPSA) is 108 Å². The standard InChI is InChI=1S/C74H135N2O6P/c1-6-8-10-12-14-16-18-20-22-24-26-28-30-32-33-34-35-36-37-38-39-40-41-42-43-44-46-48-50-52-54-56-58-60-62-64-66-68-74(78)75-72(71-82-83(79,80)81-70-69-76(3,4)5)73(77)67-65-63-61-59-57-55-53-51-49-47-45-31-29-27-25-23-21-19-17-15-13-11-9-7-2/h8,10,14,16,20,22,26,28,32-33,35-36,38-39,41-42,72-73,77H,6-7,9,11-13,15,17-19,21,23-25,27,29-31,34,37,40,43-71H2,1-5H3,(H-,75,78,79,80)/b10-8-,16-14-,22-20-,28-26-,33-32-,36-35-,39-38-,42-41-. The van der Waals surface area contributed by atoms with E-state index in [0.29, 0.717) is 23.9 Å². The van der Waals surface area contributed by atoms with Crippen molar-refractivity contribution in [3.05, 3.63) is 97.2 Å². The van der Waals surface area contributed by atoms with Crippen molar-refractivity contribution in [3.8, 4) is 0 Å². The van der Waals surface area contributed by atoms with Gasteiger partial charge in [0.05, 0.1) is 39.9 Å². The third-order valence-corrected chi connectivity index (χ3v) is 16.6. The zero-order chi connectivity index (χ0) is 60.5. The van der Waals surface area contributed by atoms with Crippen LogP contribution in [0.4, 0.5) is 0 Å². The average molecular weight is 1180 g/mol. The van der Waals surface area contributed by atoms with Gasteiger partial charge in [-0.1, -0.05) is 329 Å². The molecule has 0 rings (SSSR count). The van der Waals surface area contributed by atoms with Crippen LogP contribution in [0.2, 0.25) is 0 Å². The van der Waals surface area contributed by atoms with Crippen LogP contribution in [0.1, 0.15) is 316 Å². The Hall–Kier alpha value is -2.58. The number of phosphoric ester groups is 1. The highest BCUT2D eigenvalue weighted by Gasteiger charge is 2.24. The fraction of sp³-hybridized carbons (Fsp3) is 0.770. The largest absolute Gasteiger partial charge is 0.756 e. The maximum absolute atomic E-state index is 13.1. The number of quaternary nitrogens is 1. The molecular formula is C74H135N2O6P. The van der Waals surface area contributed by atoms with Crippen LogP contribution in [0.15, 0.2) is 97.2 Å². The Bertz CT molecular complexity index is 1670. The van der Waals surface area contributed by atoms with Crippen LogP contribution < -0.4 is 10.2 Å². The summed E-state index contributed by atoms with van der Waals surface area (Å²) in [5, 5.41) is 14.1. The fourth-order valence-corrected chi connectivity index (χ4v) is 10.9. The Morgan fingerprint density at radius 1 is 0.434 bits per heavy atom. The third kappa shape index (κ3) is 66.8. The van der Waals surface area contributed by atoms with Crippen molar-refractivity contribution in [1.29, 1.82) is 0 Å². The van der Waals surface area contributed by atoms with Crippen LogP contribution in [0, 0.1) is 0 Å². The summed E-state index contributed by atoms with van der Waals surface area (Å²) in [6.07, 6.45) is 91.9. The van der Waals surface area contributed by atoms with E-state index in [9.17, 15) is 19.4 Å². The first-order valence-electron chi connectivity index (χ1n) is 35.1. The minimum Gasteiger partial charge on any atom is -0.756 e. The van der Waals surface area contributed by atoms with Crippen LogP contribution in [0.5, 0.6) is 0 Å². The van der Waals surface area contributed by atoms with Crippen LogP contribution >= 0.6 is 7.82 Å². The molecule has 0 aromatic heterocycles. The minimum absolute atomic E-state index is 0.00914. The maximum atomic E-state index is 13.1. The van der Waals surface area contributed by atoms with Crippen molar-refractivity contribution in [3.63, 3.8) is 0 Å². The van der Waals surface area contributed by atoms with Crippen molar-refractivity contribution in [2.45, 2.75) is 328 Å². The summed E-state index contributed by atoms with van der Waals surface area (Å²) in [6, 6.07) is -0.809. The van der Waals surface area contributed by atoms with E-state index in [1.165, 1.54) is 199 Å². The first kappa shape index (κ1) is 80.4. The number of rotatable bonds is 64. The van der Waals surface area contributed by atoms with E-state index in [0.717, 1.165) is 89.9 Å². The number of carbonyl (C=O) groups is 1. The summed E-state index contributed by atoms with van der Waals surface area (Å²) >= 11 is 0. The molecule has 0 radical (unpaired) electrons. The van der Waals surface area contributed by atoms with Gasteiger partial charge in [-0.2, -0.15) is 0 Å². The smallest absolute Gasteiger partial charge is 0.268 e. The molecule has 0 saturated carbocycles. The van der Waals surface area contributed by atoms with Gasteiger partial charge in [0.25, 0.3) is 7.82 Å². The summed E-state index contributed by atoms with van der Waals surface area (Å²) in [7, 11) is 1.30. The predicted molar refractivity (Wildman–Crippen MR) is 362 cm³/mol. The summed E-state index contributed by atoms with van der Waals surface area (Å²) in [5.74, 6) is -0.166. The van der Waals surface area contributed by atoms with Gasteiger partial charge in [-0.05, 0) is 77.0 Å². The predicted octanol–water partition coefficient (Wildman–Crippen LogP) is 21.9. The minimum atomic E-state index is -4.59. The molecule has 0 saturated heterocycles. The molecule has 2 N–H and O–H groups in total. The number of likely N-dealkylation sites (N-methyl/N-ethyl adjacent to an activating group) is 1. The van der Waals surface area contributed by atoms with Crippen LogP contribution in [0.3, 0.4) is 0 Å². The van der Waals surface area contributed by atoms with E-state index in [1.807, 2.05) is 21.1 Å². The molecule has 1 amide bonds. The molecule has 0 bridgehead atoms. The van der Waals surface area contributed by atoms with Gasteiger partial charge in [0.1, 0.15) is 13.2 Å². The van der Waals surface area contributed by atoms with Crippen molar-refractivity contribution < 1.29 is 32.9 Å². The zero-order valence-electron chi connectivity index (χ0n) is 55.1. The molecule has 482 valence electrons. The van der Waals surface area contributed by atoms with E-state index in [-0.39, 0.29) is 19.1 Å². The number of unbranched alkanes of at least 4 members (excludes halogenated alkanes) is 35. The lowest BCUT2D eigenvalue weighted by Gasteiger charge is -2.30. The summed E-state index contributed by atoms with van der Waals surface area (Å²) in [4.78, 5) is 25.7. The third-order valence-electron chi connectivity index (χ3n) is 15.6. The van der Waals surface area contributed by atoms with Crippen LogP contribution in [-0.2, 0) is 18.4 Å². The molecule has 3 unspecified atom stereocenters. The molecule has 0 spiro atoms. The zero-order valence-corrected chi connectivity index (χ0v) is 56.0. The molecule has 8 nitrogen and oxygen atoms in total. The van der Waals surface area contributed by atoms with Gasteiger partial charge in [-0.3, -0.25) is 9.36 Å². The molecule has 0 heterocycles. The average Bonchev–Trinajstić information content (AvgIpc) is 3.50. The molecule has 0 aliphatic rings. The molecular weight excluding hydrogens is 1040 g/mol. The Balaban J connectivity index is 4.06. The van der Waals surface area contributed by atoms with E-state index in [1.54, 1.807) is 0 Å². The second kappa shape index (κ2) is 63.9. The lowest BCUT2D eigenvalue weighted by molar-refractivity contribution is -0.870. The number of hydrogen-bond acceptors (Lipinski definition) is 6. The Morgan fingerprint density at radius 3 is 1.07 bits per heavy atom. The highest BCUT2D eigenvalue weighted by molar-refractivity contribution is 7.45. The van der Waals surface area contributed by atoms with Crippen molar-refractivity contribution >= 4 is 13.7 Å². The number of nitrogens with one attached hydrogen (secondary N) is 1. The van der Waals surface area contributed by atoms with Crippen molar-refractivity contribution in [2.24, 2.45) is 0 Å². The van der Waals surface area contributed by atoms with Gasteiger partial charge in [0, 0.05) is 6.42 Å². The molecule has 0 aromatic rings. The molecule has 0 aromatic carbocycles. The van der Waals surface area contributed by atoms with Gasteiger partial charge < -0.3 is 28.8 Å². The van der Waals surface area contributed by atoms with Crippen molar-refractivity contribution in [2.75, 3.05) is 40.9 Å². The van der Waals surface area contributed by atoms with Gasteiger partial charge in [-0.15, -0.1) is 0 Å². The SMILES string of the molecule is CC/C=C\C/C=C\C/C=C\C/C=C\C/C=C\C/C=C\C/C=C\C/C=C\CCCCCCCCCCCCCCC(=O)NC(COP(=O)([O-])OCC[N+](C)(C)C)C(O)CCCCCCCCCCCCCCCCCCCCCCCCCC. The quantitative estimate of drug-likeness (QED) is 0.0272. The number of amides is 1. The van der Waals surface area contributed by atoms with E-state index < -0.39 is 20.0 Å². The number of aliphatic hydroxyl groups is 1. The number of hydrogen-bond donors (Lipinski definition) is 2. The maximum Gasteiger partial charge on any atom is 0.268 e. The fourth-order valence-electron chi connectivity index (χ4n) is 10.2. The number of nitrogens with zero attached hydrogens (tertiary/aromatic N) is 1. The Morgan fingerprint density at radius 2 is 0.735 bits per heavy atom. The molecule has 0 fully saturated rings. The first-order valence-corrected chi connectivity index (χ1v) is 36.5. The highest BCUT2D eigenvalue weighted by atomic mass is 31.2. The second-order valence-corrected chi connectivity index (χ2v) is 26.3. The molecule has 83 heavy (non-hydrogen) atoms. The molecule has 3 atom stereocenters. The van der Waals surface area contributed by atoms with Crippen LogP contribution in [-0.4, -0.2) is 68.5 Å². The van der Waals surface area contributed by atoms with Gasteiger partial charge in [0.15, 0.2) is 0 Å². The molecule has 0 aliphatic heterocycles. The highest BCUT2D eigenvalue weighted by Crippen LogP contribution is 2.38. The first-order chi connectivity index (χ1) is 40.5. The Kier molecular flexibility index (Phi) is 61.9. The van der Waals surface area contributed by atoms with Crippen molar-refractivity contribution in [1.82, 2.24) is 5.32 Å². The van der Waals surface area contributed by atoms with Gasteiger partial charge in [0.2, 0.25) is 5.91 Å². The van der Waals surface area contributed by atoms with Gasteiger partial charge in [-0.25, -0.2) is 0 Å². The number of aliphatic hydroxyl groups excluding tert-OH is 1. The monoisotopic (exact) mass is 1180 g/mol. The Labute approximate surface area is 515 Å². The van der Waals surface area contributed by atoms with E-state index in [2.05, 4.69) is 116 Å². The number of phosphoric acid groups is 1. The normalized spacial score (nSPS) is 14.3. The van der Waals surface area contributed by atoms with Crippen LogP contribution in [0.25, 0.3) is 0 Å². The molecule has 9 heteroatoms. The summed E-state index contributed by atoms with van der Waals surface area (Å²) in [5.41, 5.74) is 0. The summed E-state index contributed by atoms with van der Waals surface area (Å²) < 4.78 is 23.5. The number of carbonyl (C=O) groups excluding carboxylic acids is 1. The summed E-state index contributed by atoms with van der Waals surface area (Å²) in [6.45, 7) is 4.64. The second-order valence-electron chi connectivity index (χ2n) is 24.9. The molecule has 0 aliphatic carbocycles. The lowest BCUT2D eigenvalue weighted by atomic mass is 10.0. The van der Waals surface area contributed by atoms with Gasteiger partial charge >= 0.3 is 0 Å². The lowest BCUT2D eigenvalue weighted by Crippen LogP contribution is -2.46. The number of allylic oxidation sites excluding steroid dienone is 16. The van der Waals surface area contributed by atoms with E-state index in [4.69, 9.17) is 9.05 Å². The van der Waals surface area contributed by atoms with E-state index >= 15 is 0 Å².